The molecule has 0 radical (unpaired) electrons. The van der Waals surface area contributed by atoms with E-state index in [1.807, 2.05) is 50.3 Å². The summed E-state index contributed by atoms with van der Waals surface area (Å²) < 4.78 is 5.56. The SMILES string of the molecule is Cc1cc(-c2cnc(C(C)(C)C)nc2C2CCN(C(=O)Cc3ccc(N(C)C)cc3)CC2)on1. The summed E-state index contributed by atoms with van der Waals surface area (Å²) in [5.41, 5.74) is 4.77. The van der Waals surface area contributed by atoms with E-state index >= 15 is 0 Å². The second-order valence-corrected chi connectivity index (χ2v) is 10.5. The van der Waals surface area contributed by atoms with Crippen molar-refractivity contribution in [1.29, 1.82) is 0 Å². The van der Waals surface area contributed by atoms with Gasteiger partial charge in [-0.2, -0.15) is 0 Å². The number of piperidine rings is 1. The molecule has 180 valence electrons. The Kier molecular flexibility index (Phi) is 6.73. The summed E-state index contributed by atoms with van der Waals surface area (Å²) in [6, 6.07) is 10.1. The summed E-state index contributed by atoms with van der Waals surface area (Å²) in [4.78, 5) is 26.7. The number of aromatic nitrogens is 3. The van der Waals surface area contributed by atoms with Crippen molar-refractivity contribution in [1.82, 2.24) is 20.0 Å². The first-order valence-electron chi connectivity index (χ1n) is 12.0. The number of hydrogen-bond acceptors (Lipinski definition) is 6. The Morgan fingerprint density at radius 2 is 1.82 bits per heavy atom. The van der Waals surface area contributed by atoms with Gasteiger partial charge in [0, 0.05) is 56.5 Å². The predicted molar refractivity (Wildman–Crippen MR) is 134 cm³/mol. The highest BCUT2D eigenvalue weighted by molar-refractivity contribution is 5.79. The van der Waals surface area contributed by atoms with E-state index < -0.39 is 0 Å². The number of anilines is 1. The number of hydrogen-bond donors (Lipinski definition) is 0. The van der Waals surface area contributed by atoms with Gasteiger partial charge in [-0.25, -0.2) is 9.97 Å². The number of carbonyl (C=O) groups excluding carboxylic acids is 1. The molecule has 1 fully saturated rings. The molecule has 0 saturated carbocycles. The molecule has 0 unspecified atom stereocenters. The van der Waals surface area contributed by atoms with Crippen molar-refractivity contribution in [3.63, 3.8) is 0 Å². The summed E-state index contributed by atoms with van der Waals surface area (Å²) in [5.74, 6) is 1.95. The molecule has 1 aliphatic heterocycles. The average molecular weight is 462 g/mol. The van der Waals surface area contributed by atoms with Gasteiger partial charge >= 0.3 is 0 Å². The van der Waals surface area contributed by atoms with Gasteiger partial charge < -0.3 is 14.3 Å². The third kappa shape index (κ3) is 5.29. The van der Waals surface area contributed by atoms with Gasteiger partial charge in [0.15, 0.2) is 5.76 Å². The molecule has 0 N–H and O–H groups in total. The number of carbonyl (C=O) groups is 1. The van der Waals surface area contributed by atoms with Crippen molar-refractivity contribution in [3.8, 4) is 11.3 Å². The predicted octanol–water partition coefficient (Wildman–Crippen LogP) is 4.75. The van der Waals surface area contributed by atoms with Gasteiger partial charge in [0.1, 0.15) is 5.82 Å². The lowest BCUT2D eigenvalue weighted by Crippen LogP contribution is -2.39. The molecule has 0 atom stereocenters. The number of likely N-dealkylation sites (tertiary alicyclic amines) is 1. The fraction of sp³-hybridized carbons (Fsp3) is 0.481. The average Bonchev–Trinajstić information content (AvgIpc) is 3.24. The number of benzene rings is 1. The molecule has 3 heterocycles. The van der Waals surface area contributed by atoms with E-state index in [-0.39, 0.29) is 17.2 Å². The third-order valence-corrected chi connectivity index (χ3v) is 6.42. The van der Waals surface area contributed by atoms with E-state index in [2.05, 4.69) is 47.9 Å². The molecule has 4 rings (SSSR count). The van der Waals surface area contributed by atoms with E-state index in [9.17, 15) is 4.79 Å². The van der Waals surface area contributed by atoms with Crippen LogP contribution in [0.1, 0.15) is 62.3 Å². The molecule has 2 aromatic heterocycles. The van der Waals surface area contributed by atoms with Crippen LogP contribution in [0.4, 0.5) is 5.69 Å². The minimum Gasteiger partial charge on any atom is -0.378 e. The molecule has 7 heteroatoms. The number of amides is 1. The fourth-order valence-corrected chi connectivity index (χ4v) is 4.35. The van der Waals surface area contributed by atoms with Crippen LogP contribution in [-0.2, 0) is 16.6 Å². The Bertz CT molecular complexity index is 1140. The quantitative estimate of drug-likeness (QED) is 0.546. The Morgan fingerprint density at radius 3 is 2.38 bits per heavy atom. The van der Waals surface area contributed by atoms with Crippen molar-refractivity contribution >= 4 is 11.6 Å². The van der Waals surface area contributed by atoms with Crippen LogP contribution < -0.4 is 4.90 Å². The Labute approximate surface area is 202 Å². The molecule has 1 aliphatic rings. The maximum absolute atomic E-state index is 13.0. The molecule has 1 amide bonds. The first-order chi connectivity index (χ1) is 16.1. The lowest BCUT2D eigenvalue weighted by Gasteiger charge is -2.33. The Balaban J connectivity index is 1.48. The molecule has 0 aliphatic carbocycles. The molecule has 0 spiro atoms. The standard InChI is InChI=1S/C27H35N5O2/c1-18-15-23(34-30-18)22-17-28-26(27(2,3)4)29-25(22)20-11-13-32(14-12-20)24(33)16-19-7-9-21(10-8-19)31(5)6/h7-10,15,17,20H,11-14,16H2,1-6H3. The third-order valence-electron chi connectivity index (χ3n) is 6.42. The normalized spacial score (nSPS) is 14.9. The smallest absolute Gasteiger partial charge is 0.226 e. The first kappa shape index (κ1) is 23.9. The van der Waals surface area contributed by atoms with Gasteiger partial charge in [-0.15, -0.1) is 0 Å². The Hall–Kier alpha value is -3.22. The van der Waals surface area contributed by atoms with Crippen molar-refractivity contribution in [2.75, 3.05) is 32.1 Å². The molecule has 3 aromatic rings. The highest BCUT2D eigenvalue weighted by Gasteiger charge is 2.29. The molecular weight excluding hydrogens is 426 g/mol. The van der Waals surface area contributed by atoms with Crippen molar-refractivity contribution in [2.45, 2.75) is 58.3 Å². The van der Waals surface area contributed by atoms with Gasteiger partial charge in [-0.05, 0) is 37.5 Å². The number of rotatable bonds is 5. The summed E-state index contributed by atoms with van der Waals surface area (Å²) in [6.07, 6.45) is 4.04. The van der Waals surface area contributed by atoms with Gasteiger partial charge in [0.05, 0.1) is 23.4 Å². The molecular formula is C27H35N5O2. The lowest BCUT2D eigenvalue weighted by molar-refractivity contribution is -0.131. The van der Waals surface area contributed by atoms with Crippen LogP contribution in [0.5, 0.6) is 0 Å². The van der Waals surface area contributed by atoms with Crippen molar-refractivity contribution in [2.24, 2.45) is 0 Å². The van der Waals surface area contributed by atoms with Crippen LogP contribution in [0.3, 0.4) is 0 Å². The number of aryl methyl sites for hydroxylation is 1. The highest BCUT2D eigenvalue weighted by atomic mass is 16.5. The van der Waals surface area contributed by atoms with E-state index in [4.69, 9.17) is 9.51 Å². The van der Waals surface area contributed by atoms with Crippen LogP contribution in [-0.4, -0.2) is 53.1 Å². The lowest BCUT2D eigenvalue weighted by atomic mass is 9.88. The maximum atomic E-state index is 13.0. The largest absolute Gasteiger partial charge is 0.378 e. The van der Waals surface area contributed by atoms with Crippen LogP contribution >= 0.6 is 0 Å². The highest BCUT2D eigenvalue weighted by Crippen LogP contribution is 2.35. The van der Waals surface area contributed by atoms with Crippen LogP contribution in [0.2, 0.25) is 0 Å². The minimum absolute atomic E-state index is 0.149. The van der Waals surface area contributed by atoms with Gasteiger partial charge in [-0.3, -0.25) is 4.79 Å². The zero-order valence-corrected chi connectivity index (χ0v) is 21.1. The zero-order chi connectivity index (χ0) is 24.5. The monoisotopic (exact) mass is 461 g/mol. The van der Waals surface area contributed by atoms with Gasteiger partial charge in [0.25, 0.3) is 0 Å². The van der Waals surface area contributed by atoms with E-state index in [0.29, 0.717) is 12.2 Å². The van der Waals surface area contributed by atoms with Crippen molar-refractivity contribution in [3.05, 3.63) is 59.3 Å². The molecule has 34 heavy (non-hydrogen) atoms. The van der Waals surface area contributed by atoms with Gasteiger partial charge in [0.2, 0.25) is 5.91 Å². The summed E-state index contributed by atoms with van der Waals surface area (Å²) >= 11 is 0. The topological polar surface area (TPSA) is 75.4 Å². The van der Waals surface area contributed by atoms with Crippen LogP contribution in [0, 0.1) is 6.92 Å². The molecule has 7 nitrogen and oxygen atoms in total. The number of nitrogens with zero attached hydrogens (tertiary/aromatic N) is 5. The van der Waals surface area contributed by atoms with E-state index in [1.165, 1.54) is 0 Å². The van der Waals surface area contributed by atoms with Crippen LogP contribution in [0.15, 0.2) is 41.1 Å². The minimum atomic E-state index is -0.149. The summed E-state index contributed by atoms with van der Waals surface area (Å²) in [7, 11) is 4.03. The first-order valence-corrected chi connectivity index (χ1v) is 12.0. The summed E-state index contributed by atoms with van der Waals surface area (Å²) in [5, 5.41) is 4.05. The van der Waals surface area contributed by atoms with Gasteiger partial charge in [-0.1, -0.05) is 38.1 Å². The fourth-order valence-electron chi connectivity index (χ4n) is 4.35. The van der Waals surface area contributed by atoms with E-state index in [1.54, 1.807) is 0 Å². The molecule has 0 bridgehead atoms. The Morgan fingerprint density at radius 1 is 1.15 bits per heavy atom. The van der Waals surface area contributed by atoms with Crippen LogP contribution in [0.25, 0.3) is 11.3 Å². The summed E-state index contributed by atoms with van der Waals surface area (Å²) in [6.45, 7) is 9.73. The van der Waals surface area contributed by atoms with Crippen molar-refractivity contribution < 1.29 is 9.32 Å². The second kappa shape index (κ2) is 9.57. The molecule has 1 saturated heterocycles. The maximum Gasteiger partial charge on any atom is 0.226 e. The molecule has 1 aromatic carbocycles. The zero-order valence-electron chi connectivity index (χ0n) is 21.1. The van der Waals surface area contributed by atoms with E-state index in [0.717, 1.165) is 60.0 Å². The second-order valence-electron chi connectivity index (χ2n) is 10.5.